The lowest BCUT2D eigenvalue weighted by molar-refractivity contribution is 0.0497. The largest absolute Gasteiger partial charge is 0.462 e. The minimum atomic E-state index is -0.201. The van der Waals surface area contributed by atoms with Crippen LogP contribution in [0.1, 0.15) is 107 Å². The molecule has 0 bridgehead atoms. The molecule has 3 nitrogen and oxygen atoms in total. The highest BCUT2D eigenvalue weighted by Crippen LogP contribution is 2.18. The number of ether oxygens (including phenoxy) is 1. The van der Waals surface area contributed by atoms with Gasteiger partial charge in [0.15, 0.2) is 0 Å². The lowest BCUT2D eigenvalue weighted by atomic mass is 10.0. The Morgan fingerprint density at radius 2 is 1.10 bits per heavy atom. The summed E-state index contributed by atoms with van der Waals surface area (Å²) in [5.74, 6) is -0.201. The fraction of sp³-hybridized carbons (Fsp3) is 0.731. The van der Waals surface area contributed by atoms with Crippen molar-refractivity contribution in [2.75, 3.05) is 27.7 Å². The van der Waals surface area contributed by atoms with Crippen LogP contribution in [0.3, 0.4) is 0 Å². The molecule has 0 aliphatic heterocycles. The number of carbonyl (C=O) groups is 1. The van der Waals surface area contributed by atoms with E-state index in [0.717, 1.165) is 17.3 Å². The Kier molecular flexibility index (Phi) is 13.7. The lowest BCUT2D eigenvalue weighted by Gasteiger charge is -2.23. The van der Waals surface area contributed by atoms with E-state index in [9.17, 15) is 4.79 Å². The number of quaternary nitrogens is 1. The van der Waals surface area contributed by atoms with E-state index in [0.29, 0.717) is 12.2 Å². The Hall–Kier alpha value is -1.35. The van der Waals surface area contributed by atoms with Crippen LogP contribution in [0.4, 0.5) is 5.69 Å². The number of rotatable bonds is 17. The summed E-state index contributed by atoms with van der Waals surface area (Å²) in [6, 6.07) is 7.74. The second-order valence-corrected chi connectivity index (χ2v) is 9.29. The van der Waals surface area contributed by atoms with Crippen molar-refractivity contribution in [3.8, 4) is 0 Å². The highest BCUT2D eigenvalue weighted by molar-refractivity contribution is 5.89. The number of esters is 1. The molecule has 0 atom stereocenters. The Morgan fingerprint density at radius 3 is 1.52 bits per heavy atom. The summed E-state index contributed by atoms with van der Waals surface area (Å²) in [6.45, 7) is 2.81. The molecule has 0 spiro atoms. The third-order valence-corrected chi connectivity index (χ3v) is 5.61. The van der Waals surface area contributed by atoms with Gasteiger partial charge in [-0.2, -0.15) is 0 Å². The maximum atomic E-state index is 12.1. The van der Waals surface area contributed by atoms with E-state index in [1.165, 1.54) is 82.7 Å². The number of hydrogen-bond donors (Lipinski definition) is 0. The number of carbonyl (C=O) groups excluding carboxylic acids is 1. The van der Waals surface area contributed by atoms with E-state index in [2.05, 4.69) is 28.1 Å². The first kappa shape index (κ1) is 25.7. The van der Waals surface area contributed by atoms with Crippen LogP contribution in [-0.4, -0.2) is 33.7 Å². The van der Waals surface area contributed by atoms with Crippen LogP contribution in [0.15, 0.2) is 24.3 Å². The van der Waals surface area contributed by atoms with Crippen molar-refractivity contribution in [2.45, 2.75) is 96.8 Å². The normalized spacial score (nSPS) is 11.6. The molecule has 1 aromatic carbocycles. The average molecular weight is 405 g/mol. The van der Waals surface area contributed by atoms with Gasteiger partial charge in [-0.25, -0.2) is 4.79 Å². The maximum absolute atomic E-state index is 12.1. The van der Waals surface area contributed by atoms with Gasteiger partial charge in [0.2, 0.25) is 0 Å². The molecular weight excluding hydrogens is 358 g/mol. The van der Waals surface area contributed by atoms with Crippen LogP contribution < -0.4 is 4.48 Å². The van der Waals surface area contributed by atoms with Gasteiger partial charge in [0, 0.05) is 0 Å². The van der Waals surface area contributed by atoms with E-state index in [-0.39, 0.29) is 5.97 Å². The molecule has 0 saturated heterocycles. The summed E-state index contributed by atoms with van der Waals surface area (Å²) in [5, 5.41) is 0. The molecule has 1 rings (SSSR count). The third-order valence-electron chi connectivity index (χ3n) is 5.61. The summed E-state index contributed by atoms with van der Waals surface area (Å²) in [4.78, 5) is 12.1. The van der Waals surface area contributed by atoms with E-state index < -0.39 is 0 Å². The maximum Gasteiger partial charge on any atom is 0.338 e. The highest BCUT2D eigenvalue weighted by Gasteiger charge is 2.13. The topological polar surface area (TPSA) is 26.3 Å². The minimum absolute atomic E-state index is 0.201. The summed E-state index contributed by atoms with van der Waals surface area (Å²) >= 11 is 0. The van der Waals surface area contributed by atoms with Crippen LogP contribution >= 0.6 is 0 Å². The zero-order chi connectivity index (χ0) is 21.4. The number of hydrogen-bond acceptors (Lipinski definition) is 2. The fourth-order valence-corrected chi connectivity index (χ4v) is 3.59. The van der Waals surface area contributed by atoms with Crippen molar-refractivity contribution >= 4 is 11.7 Å². The molecule has 0 radical (unpaired) electrons. The van der Waals surface area contributed by atoms with Crippen LogP contribution in [0, 0.1) is 0 Å². The number of benzene rings is 1. The first-order valence-electron chi connectivity index (χ1n) is 12.0. The van der Waals surface area contributed by atoms with Gasteiger partial charge in [-0.1, -0.05) is 90.4 Å². The van der Waals surface area contributed by atoms with Gasteiger partial charge in [0.25, 0.3) is 0 Å². The number of nitrogens with zero attached hydrogens (tertiary/aromatic N) is 1. The average Bonchev–Trinajstić information content (AvgIpc) is 2.70. The monoisotopic (exact) mass is 404 g/mol. The Labute approximate surface area is 180 Å². The molecular formula is C26H46NO2+. The van der Waals surface area contributed by atoms with Gasteiger partial charge < -0.3 is 4.74 Å². The minimum Gasteiger partial charge on any atom is -0.462 e. The predicted octanol–water partition coefficient (Wildman–Crippen LogP) is 7.52. The molecule has 0 aromatic heterocycles. The molecule has 0 N–H and O–H groups in total. The fourth-order valence-electron chi connectivity index (χ4n) is 3.59. The summed E-state index contributed by atoms with van der Waals surface area (Å²) < 4.78 is 6.16. The van der Waals surface area contributed by atoms with E-state index in [4.69, 9.17) is 4.74 Å². The SMILES string of the molecule is CCCCCCCCCCCCCCCCOC(=O)c1ccc([N+](C)(C)C)cc1. The summed E-state index contributed by atoms with van der Waals surface area (Å²) in [5.41, 5.74) is 1.82. The second kappa shape index (κ2) is 15.5. The molecule has 0 heterocycles. The molecule has 0 amide bonds. The van der Waals surface area contributed by atoms with Crippen molar-refractivity contribution in [3.63, 3.8) is 0 Å². The van der Waals surface area contributed by atoms with Gasteiger partial charge in [0.05, 0.1) is 33.3 Å². The molecule has 0 aliphatic rings. The van der Waals surface area contributed by atoms with E-state index in [1.807, 2.05) is 24.3 Å². The predicted molar refractivity (Wildman–Crippen MR) is 127 cm³/mol. The first-order valence-corrected chi connectivity index (χ1v) is 12.0. The van der Waals surface area contributed by atoms with Gasteiger partial charge in [-0.15, -0.1) is 0 Å². The van der Waals surface area contributed by atoms with Crippen molar-refractivity contribution in [2.24, 2.45) is 0 Å². The van der Waals surface area contributed by atoms with Gasteiger partial charge in [-0.3, -0.25) is 4.48 Å². The van der Waals surface area contributed by atoms with Crippen molar-refractivity contribution in [3.05, 3.63) is 29.8 Å². The first-order chi connectivity index (χ1) is 13.9. The second-order valence-electron chi connectivity index (χ2n) is 9.29. The van der Waals surface area contributed by atoms with Gasteiger partial charge >= 0.3 is 5.97 Å². The zero-order valence-corrected chi connectivity index (χ0v) is 19.7. The molecule has 1 aromatic rings. The quantitative estimate of drug-likeness (QED) is 0.152. The van der Waals surface area contributed by atoms with Crippen LogP contribution in [0.5, 0.6) is 0 Å². The molecule has 166 valence electrons. The molecule has 29 heavy (non-hydrogen) atoms. The third kappa shape index (κ3) is 12.7. The van der Waals surface area contributed by atoms with Crippen molar-refractivity contribution < 1.29 is 9.53 Å². The molecule has 0 fully saturated rings. The van der Waals surface area contributed by atoms with Gasteiger partial charge in [-0.05, 0) is 30.7 Å². The lowest BCUT2D eigenvalue weighted by Crippen LogP contribution is -2.34. The molecule has 0 saturated carbocycles. The highest BCUT2D eigenvalue weighted by atomic mass is 16.5. The van der Waals surface area contributed by atoms with Crippen molar-refractivity contribution in [1.82, 2.24) is 4.48 Å². The summed E-state index contributed by atoms with van der Waals surface area (Å²) in [6.07, 6.45) is 18.7. The molecule has 0 unspecified atom stereocenters. The van der Waals surface area contributed by atoms with Crippen LogP contribution in [0.25, 0.3) is 0 Å². The van der Waals surface area contributed by atoms with Gasteiger partial charge in [0.1, 0.15) is 5.69 Å². The number of unbranched alkanes of at least 4 members (excludes halogenated alkanes) is 13. The summed E-state index contributed by atoms with van der Waals surface area (Å²) in [7, 11) is 6.34. The zero-order valence-electron chi connectivity index (χ0n) is 19.7. The van der Waals surface area contributed by atoms with Crippen molar-refractivity contribution in [1.29, 1.82) is 0 Å². The standard InChI is InChI=1S/C26H46NO2/c1-5-6-7-8-9-10-11-12-13-14-15-16-17-18-23-29-26(28)24-19-21-25(22-20-24)27(2,3)4/h19-22H,5-18,23H2,1-4H3/q+1. The Morgan fingerprint density at radius 1 is 0.690 bits per heavy atom. The Balaban J connectivity index is 1.93. The molecule has 3 heteroatoms. The molecule has 0 aliphatic carbocycles. The van der Waals surface area contributed by atoms with E-state index in [1.54, 1.807) is 0 Å². The smallest absolute Gasteiger partial charge is 0.338 e. The Bertz CT molecular complexity index is 531. The van der Waals surface area contributed by atoms with Crippen LogP contribution in [0.2, 0.25) is 0 Å². The van der Waals surface area contributed by atoms with E-state index >= 15 is 0 Å². The van der Waals surface area contributed by atoms with Crippen LogP contribution in [-0.2, 0) is 4.74 Å².